The van der Waals surface area contributed by atoms with Crippen LogP contribution in [0.5, 0.6) is 0 Å². The quantitative estimate of drug-likeness (QED) is 0.851. The van der Waals surface area contributed by atoms with E-state index in [0.717, 1.165) is 42.3 Å². The van der Waals surface area contributed by atoms with Crippen LogP contribution in [0.15, 0.2) is 36.4 Å². The van der Waals surface area contributed by atoms with Gasteiger partial charge < -0.3 is 15.4 Å². The molecule has 27 heavy (non-hydrogen) atoms. The number of carbonyl (C=O) groups excluding carboxylic acids is 1. The van der Waals surface area contributed by atoms with Crippen molar-refractivity contribution in [1.82, 2.24) is 10.6 Å². The number of nitrogens with one attached hydrogen (secondary N) is 2. The Labute approximate surface area is 160 Å². The van der Waals surface area contributed by atoms with Crippen LogP contribution < -0.4 is 10.6 Å². The van der Waals surface area contributed by atoms with Crippen LogP contribution in [0.4, 0.5) is 4.79 Å². The van der Waals surface area contributed by atoms with Gasteiger partial charge in [-0.05, 0) is 68.5 Å². The Morgan fingerprint density at radius 2 is 2.00 bits per heavy atom. The lowest BCUT2D eigenvalue weighted by atomic mass is 9.84. The monoisotopic (exact) mass is 365 g/mol. The number of alkyl carbamates (subject to hydrolysis) is 1. The first-order valence-electron chi connectivity index (χ1n) is 9.51. The van der Waals surface area contributed by atoms with Crippen molar-refractivity contribution >= 4 is 16.9 Å². The molecule has 0 bridgehead atoms. The maximum atomic E-state index is 12.5. The van der Waals surface area contributed by atoms with E-state index >= 15 is 0 Å². The van der Waals surface area contributed by atoms with Gasteiger partial charge in [-0.15, -0.1) is 0 Å². The maximum Gasteiger partial charge on any atom is 0.408 e. The summed E-state index contributed by atoms with van der Waals surface area (Å²) in [5.74, 6) is 0.266. The number of nitrogens with zero attached hydrogens (tertiary/aromatic N) is 1. The van der Waals surface area contributed by atoms with Crippen molar-refractivity contribution in [2.24, 2.45) is 5.92 Å². The summed E-state index contributed by atoms with van der Waals surface area (Å²) in [5.41, 5.74) is 1.13. The van der Waals surface area contributed by atoms with Gasteiger partial charge in [0.1, 0.15) is 5.60 Å². The van der Waals surface area contributed by atoms with Crippen LogP contribution in [0, 0.1) is 17.2 Å². The fraction of sp³-hybridized carbons (Fsp3) is 0.455. The van der Waals surface area contributed by atoms with Crippen molar-refractivity contribution in [3.63, 3.8) is 0 Å². The third-order valence-corrected chi connectivity index (χ3v) is 4.89. The summed E-state index contributed by atoms with van der Waals surface area (Å²) >= 11 is 0. The molecule has 0 aromatic heterocycles. The summed E-state index contributed by atoms with van der Waals surface area (Å²) in [6.07, 6.45) is 1.69. The van der Waals surface area contributed by atoms with Gasteiger partial charge in [0.05, 0.1) is 17.7 Å². The molecule has 2 atom stereocenters. The Morgan fingerprint density at radius 1 is 1.26 bits per heavy atom. The zero-order chi connectivity index (χ0) is 19.4. The molecule has 1 aliphatic rings. The SMILES string of the molecule is CC(C)(C)OC(=O)NC(c1ccc(C#N)c2ccccc12)C1CCCNC1. The van der Waals surface area contributed by atoms with Gasteiger partial charge in [0, 0.05) is 6.54 Å². The zero-order valence-electron chi connectivity index (χ0n) is 16.2. The molecular weight excluding hydrogens is 338 g/mol. The third kappa shape index (κ3) is 4.58. The minimum atomic E-state index is -0.549. The van der Waals surface area contributed by atoms with Crippen molar-refractivity contribution in [1.29, 1.82) is 5.26 Å². The van der Waals surface area contributed by atoms with Crippen LogP contribution in [0.3, 0.4) is 0 Å². The lowest BCUT2D eigenvalue weighted by molar-refractivity contribution is 0.0479. The topological polar surface area (TPSA) is 74.1 Å². The molecule has 0 spiro atoms. The smallest absolute Gasteiger partial charge is 0.408 e. The van der Waals surface area contributed by atoms with E-state index in [2.05, 4.69) is 16.7 Å². The second-order valence-corrected chi connectivity index (χ2v) is 8.09. The molecule has 0 saturated carbocycles. The number of rotatable bonds is 3. The van der Waals surface area contributed by atoms with Crippen molar-refractivity contribution in [3.05, 3.63) is 47.5 Å². The highest BCUT2D eigenvalue weighted by Gasteiger charge is 2.29. The molecule has 142 valence electrons. The van der Waals surface area contributed by atoms with Gasteiger partial charge in [0.15, 0.2) is 0 Å². The normalized spacial score (nSPS) is 18.5. The Bertz CT molecular complexity index is 858. The van der Waals surface area contributed by atoms with Crippen molar-refractivity contribution < 1.29 is 9.53 Å². The van der Waals surface area contributed by atoms with Crippen molar-refractivity contribution in [2.45, 2.75) is 45.3 Å². The Morgan fingerprint density at radius 3 is 2.63 bits per heavy atom. The highest BCUT2D eigenvalue weighted by Crippen LogP contribution is 2.33. The first kappa shape index (κ1) is 19.2. The molecule has 2 aromatic rings. The van der Waals surface area contributed by atoms with Crippen LogP contribution >= 0.6 is 0 Å². The Kier molecular flexibility index (Phi) is 5.67. The summed E-state index contributed by atoms with van der Waals surface area (Å²) in [6.45, 7) is 7.43. The van der Waals surface area contributed by atoms with Gasteiger partial charge in [0.2, 0.25) is 0 Å². The molecule has 1 fully saturated rings. The molecule has 1 saturated heterocycles. The second-order valence-electron chi connectivity index (χ2n) is 8.09. The van der Waals surface area contributed by atoms with Crippen molar-refractivity contribution in [2.75, 3.05) is 13.1 Å². The number of hydrogen-bond acceptors (Lipinski definition) is 4. The van der Waals surface area contributed by atoms with Crippen molar-refractivity contribution in [3.8, 4) is 6.07 Å². The highest BCUT2D eigenvalue weighted by molar-refractivity contribution is 5.91. The van der Waals surface area contributed by atoms with Gasteiger partial charge in [-0.3, -0.25) is 0 Å². The van der Waals surface area contributed by atoms with Crippen LogP contribution in [0.2, 0.25) is 0 Å². The van der Waals surface area contributed by atoms with E-state index in [9.17, 15) is 10.1 Å². The van der Waals surface area contributed by atoms with E-state index in [1.807, 2.05) is 57.2 Å². The molecular formula is C22H27N3O2. The summed E-state index contributed by atoms with van der Waals surface area (Å²) in [6, 6.07) is 13.8. The summed E-state index contributed by atoms with van der Waals surface area (Å²) < 4.78 is 5.51. The van der Waals surface area contributed by atoms with E-state index < -0.39 is 11.7 Å². The molecule has 1 amide bonds. The lowest BCUT2D eigenvalue weighted by Gasteiger charge is -2.33. The predicted octanol–water partition coefficient (Wildman–Crippen LogP) is 4.28. The molecule has 1 heterocycles. The van der Waals surface area contributed by atoms with E-state index in [0.29, 0.717) is 5.56 Å². The minimum absolute atomic E-state index is 0.176. The summed E-state index contributed by atoms with van der Waals surface area (Å²) in [4.78, 5) is 12.5. The molecule has 2 aromatic carbocycles. The van der Waals surface area contributed by atoms with Crippen LogP contribution in [-0.2, 0) is 4.74 Å². The second kappa shape index (κ2) is 7.98. The number of fused-ring (bicyclic) bond motifs is 1. The number of nitriles is 1. The van der Waals surface area contributed by atoms with Crippen LogP contribution in [-0.4, -0.2) is 24.8 Å². The molecule has 2 unspecified atom stereocenters. The van der Waals surface area contributed by atoms with Gasteiger partial charge in [-0.1, -0.05) is 30.3 Å². The van der Waals surface area contributed by atoms with Gasteiger partial charge in [-0.2, -0.15) is 5.26 Å². The number of amides is 1. The Balaban J connectivity index is 2.01. The molecule has 5 heteroatoms. The molecule has 3 rings (SSSR count). The van der Waals surface area contributed by atoms with Crippen LogP contribution in [0.1, 0.15) is 50.8 Å². The fourth-order valence-electron chi connectivity index (χ4n) is 3.74. The average molecular weight is 365 g/mol. The maximum absolute atomic E-state index is 12.5. The zero-order valence-corrected chi connectivity index (χ0v) is 16.2. The Hall–Kier alpha value is -2.58. The third-order valence-electron chi connectivity index (χ3n) is 4.89. The summed E-state index contributed by atoms with van der Waals surface area (Å²) in [5, 5.41) is 17.9. The first-order valence-corrected chi connectivity index (χ1v) is 9.51. The minimum Gasteiger partial charge on any atom is -0.444 e. The lowest BCUT2D eigenvalue weighted by Crippen LogP contribution is -2.42. The van der Waals surface area contributed by atoms with Gasteiger partial charge >= 0.3 is 6.09 Å². The number of piperidine rings is 1. The molecule has 2 N–H and O–H groups in total. The summed E-state index contributed by atoms with van der Waals surface area (Å²) in [7, 11) is 0. The standard InChI is InChI=1S/C22H27N3O2/c1-22(2,3)27-21(26)25-20(16-7-6-12-24-14-16)19-11-10-15(13-23)17-8-4-5-9-18(17)19/h4-5,8-11,16,20,24H,6-7,12,14H2,1-3H3,(H,25,26). The number of hydrogen-bond donors (Lipinski definition) is 2. The predicted molar refractivity (Wildman–Crippen MR) is 106 cm³/mol. The van der Waals surface area contributed by atoms with E-state index in [1.54, 1.807) is 0 Å². The van der Waals surface area contributed by atoms with Gasteiger partial charge in [-0.25, -0.2) is 4.79 Å². The average Bonchev–Trinajstić information content (AvgIpc) is 2.65. The van der Waals surface area contributed by atoms with E-state index in [4.69, 9.17) is 4.74 Å². The molecule has 0 radical (unpaired) electrons. The van der Waals surface area contributed by atoms with Gasteiger partial charge in [0.25, 0.3) is 0 Å². The number of ether oxygens (including phenoxy) is 1. The molecule has 1 aliphatic heterocycles. The van der Waals surface area contributed by atoms with Crippen LogP contribution in [0.25, 0.3) is 10.8 Å². The first-order chi connectivity index (χ1) is 12.9. The fourth-order valence-corrected chi connectivity index (χ4v) is 3.74. The number of carbonyl (C=O) groups is 1. The molecule has 0 aliphatic carbocycles. The highest BCUT2D eigenvalue weighted by atomic mass is 16.6. The number of benzene rings is 2. The largest absolute Gasteiger partial charge is 0.444 e. The van der Waals surface area contributed by atoms with E-state index in [1.165, 1.54) is 0 Å². The van der Waals surface area contributed by atoms with E-state index in [-0.39, 0.29) is 12.0 Å². The molecule has 5 nitrogen and oxygen atoms in total.